The van der Waals surface area contributed by atoms with E-state index in [4.69, 9.17) is 4.74 Å². The van der Waals surface area contributed by atoms with E-state index >= 15 is 0 Å². The quantitative estimate of drug-likeness (QED) is 0.888. The van der Waals surface area contributed by atoms with Crippen LogP contribution in [0.3, 0.4) is 0 Å². The molecule has 0 fully saturated rings. The zero-order chi connectivity index (χ0) is 15.4. The number of aliphatic hydroxyl groups is 1. The number of ether oxygens (including phenoxy) is 1. The molecule has 114 valence electrons. The van der Waals surface area contributed by atoms with Gasteiger partial charge in [-0.05, 0) is 31.4 Å². The maximum atomic E-state index is 9.81. The maximum Gasteiger partial charge on any atom is 0.164 e. The van der Waals surface area contributed by atoms with Crippen LogP contribution in [0.1, 0.15) is 43.8 Å². The highest BCUT2D eigenvalue weighted by Crippen LogP contribution is 2.26. The van der Waals surface area contributed by atoms with Crippen LogP contribution >= 0.6 is 0 Å². The van der Waals surface area contributed by atoms with E-state index < -0.39 is 6.10 Å². The summed E-state index contributed by atoms with van der Waals surface area (Å²) >= 11 is 0. The van der Waals surface area contributed by atoms with Crippen molar-refractivity contribution in [3.8, 4) is 5.75 Å². The fourth-order valence-electron chi connectivity index (χ4n) is 2.15. The molecule has 0 bridgehead atoms. The number of aliphatic hydroxyl groups excluding tert-OH is 1. The lowest BCUT2D eigenvalue weighted by molar-refractivity contribution is 0.189. The molecule has 0 spiro atoms. The van der Waals surface area contributed by atoms with Gasteiger partial charge < -0.3 is 9.84 Å². The van der Waals surface area contributed by atoms with Crippen LogP contribution in [0.2, 0.25) is 0 Å². The van der Waals surface area contributed by atoms with E-state index in [0.29, 0.717) is 18.3 Å². The van der Waals surface area contributed by atoms with E-state index in [1.807, 2.05) is 29.8 Å². The topological polar surface area (TPSA) is 60.2 Å². The highest BCUT2D eigenvalue weighted by atomic mass is 16.5. The second-order valence-corrected chi connectivity index (χ2v) is 5.76. The average molecular weight is 289 g/mol. The Kier molecular flexibility index (Phi) is 4.96. The van der Waals surface area contributed by atoms with Gasteiger partial charge in [-0.1, -0.05) is 26.0 Å². The summed E-state index contributed by atoms with van der Waals surface area (Å²) in [5.74, 6) is 1.99. The van der Waals surface area contributed by atoms with Gasteiger partial charge in [-0.15, -0.1) is 0 Å². The lowest BCUT2D eigenvalue weighted by Gasteiger charge is -2.15. The summed E-state index contributed by atoms with van der Waals surface area (Å²) in [5, 5.41) is 14.0. The minimum absolute atomic E-state index is 0.343. The van der Waals surface area contributed by atoms with E-state index in [-0.39, 0.29) is 0 Å². The Hall–Kier alpha value is -1.88. The molecule has 1 aromatic carbocycles. The molecule has 0 aliphatic heterocycles. The third-order valence-corrected chi connectivity index (χ3v) is 3.21. The van der Waals surface area contributed by atoms with Crippen molar-refractivity contribution < 1.29 is 9.84 Å². The first-order valence-electron chi connectivity index (χ1n) is 7.25. The molecule has 0 amide bonds. The average Bonchev–Trinajstić information content (AvgIpc) is 2.82. The molecular formula is C16H23N3O2. The molecular weight excluding hydrogens is 266 g/mol. The maximum absolute atomic E-state index is 9.81. The number of nitrogens with zero attached hydrogens (tertiary/aromatic N) is 3. The van der Waals surface area contributed by atoms with Crippen LogP contribution in [0.15, 0.2) is 24.5 Å². The summed E-state index contributed by atoms with van der Waals surface area (Å²) in [6.07, 6.45) is 0.988. The van der Waals surface area contributed by atoms with Gasteiger partial charge in [-0.25, -0.2) is 9.67 Å². The summed E-state index contributed by atoms with van der Waals surface area (Å²) in [5.41, 5.74) is 1.88. The molecule has 2 aromatic rings. The molecule has 0 radical (unpaired) electrons. The number of aromatic nitrogens is 3. The smallest absolute Gasteiger partial charge is 0.164 e. The van der Waals surface area contributed by atoms with Gasteiger partial charge in [-0.3, -0.25) is 0 Å². The summed E-state index contributed by atoms with van der Waals surface area (Å²) < 4.78 is 7.73. The monoisotopic (exact) mass is 289 g/mol. The van der Waals surface area contributed by atoms with E-state index in [9.17, 15) is 5.11 Å². The number of hydrogen-bond acceptors (Lipinski definition) is 4. The second kappa shape index (κ2) is 6.72. The van der Waals surface area contributed by atoms with Crippen molar-refractivity contribution >= 4 is 0 Å². The molecule has 5 nitrogen and oxygen atoms in total. The first-order valence-corrected chi connectivity index (χ1v) is 7.25. The van der Waals surface area contributed by atoms with Gasteiger partial charge in [0.05, 0.1) is 6.10 Å². The van der Waals surface area contributed by atoms with Crippen LogP contribution in [-0.4, -0.2) is 19.9 Å². The normalized spacial score (nSPS) is 12.7. The van der Waals surface area contributed by atoms with Crippen LogP contribution in [0.4, 0.5) is 0 Å². The van der Waals surface area contributed by atoms with Gasteiger partial charge in [-0.2, -0.15) is 5.10 Å². The molecule has 1 heterocycles. The molecule has 0 saturated carbocycles. The van der Waals surface area contributed by atoms with Gasteiger partial charge >= 0.3 is 0 Å². The van der Waals surface area contributed by atoms with Crippen molar-refractivity contribution in [3.05, 3.63) is 41.5 Å². The van der Waals surface area contributed by atoms with E-state index in [0.717, 1.165) is 23.5 Å². The lowest BCUT2D eigenvalue weighted by atomic mass is 10.1. The molecule has 1 N–H and O–H groups in total. The third kappa shape index (κ3) is 4.04. The van der Waals surface area contributed by atoms with Crippen molar-refractivity contribution in [3.63, 3.8) is 0 Å². The Morgan fingerprint density at radius 2 is 2.05 bits per heavy atom. The fraction of sp³-hybridized carbons (Fsp3) is 0.500. The van der Waals surface area contributed by atoms with Crippen molar-refractivity contribution in [2.75, 3.05) is 0 Å². The minimum Gasteiger partial charge on any atom is -0.485 e. The van der Waals surface area contributed by atoms with Gasteiger partial charge in [0.1, 0.15) is 18.7 Å². The molecule has 0 saturated heterocycles. The van der Waals surface area contributed by atoms with Crippen molar-refractivity contribution in [2.45, 2.75) is 47.0 Å². The Morgan fingerprint density at radius 1 is 1.29 bits per heavy atom. The van der Waals surface area contributed by atoms with Crippen LogP contribution in [0.25, 0.3) is 0 Å². The summed E-state index contributed by atoms with van der Waals surface area (Å²) in [7, 11) is 0. The molecule has 1 unspecified atom stereocenters. The van der Waals surface area contributed by atoms with Crippen LogP contribution < -0.4 is 4.74 Å². The van der Waals surface area contributed by atoms with Crippen molar-refractivity contribution in [2.24, 2.45) is 5.92 Å². The highest BCUT2D eigenvalue weighted by Gasteiger charge is 2.12. The number of aryl methyl sites for hydroxylation is 1. The zero-order valence-electron chi connectivity index (χ0n) is 13.1. The Morgan fingerprint density at radius 3 is 2.71 bits per heavy atom. The Balaban J connectivity index is 2.13. The first kappa shape index (κ1) is 15.5. The molecule has 0 aliphatic carbocycles. The minimum atomic E-state index is -0.561. The van der Waals surface area contributed by atoms with Crippen molar-refractivity contribution in [1.29, 1.82) is 0 Å². The third-order valence-electron chi connectivity index (χ3n) is 3.21. The summed E-state index contributed by atoms with van der Waals surface area (Å²) in [4.78, 5) is 4.25. The number of rotatable bonds is 6. The molecule has 2 rings (SSSR count). The molecule has 5 heteroatoms. The van der Waals surface area contributed by atoms with E-state index in [1.54, 1.807) is 13.3 Å². The molecule has 21 heavy (non-hydrogen) atoms. The Bertz CT molecular complexity index is 591. The second-order valence-electron chi connectivity index (χ2n) is 5.76. The van der Waals surface area contributed by atoms with Crippen LogP contribution in [0, 0.1) is 12.8 Å². The fourth-order valence-corrected chi connectivity index (χ4v) is 2.15. The highest BCUT2D eigenvalue weighted by molar-refractivity contribution is 5.38. The van der Waals surface area contributed by atoms with Gasteiger partial charge in [0.15, 0.2) is 5.82 Å². The van der Waals surface area contributed by atoms with Gasteiger partial charge in [0.25, 0.3) is 0 Å². The first-order chi connectivity index (χ1) is 9.97. The van der Waals surface area contributed by atoms with E-state index in [1.165, 1.54) is 0 Å². The zero-order valence-corrected chi connectivity index (χ0v) is 13.1. The van der Waals surface area contributed by atoms with Gasteiger partial charge in [0.2, 0.25) is 0 Å². The number of benzene rings is 1. The van der Waals surface area contributed by atoms with E-state index in [2.05, 4.69) is 23.9 Å². The summed E-state index contributed by atoms with van der Waals surface area (Å²) in [6, 6.07) is 5.80. The summed E-state index contributed by atoms with van der Waals surface area (Å²) in [6.45, 7) is 9.17. The molecule has 1 atom stereocenters. The van der Waals surface area contributed by atoms with Crippen molar-refractivity contribution in [1.82, 2.24) is 14.8 Å². The SMILES string of the molecule is Cc1ccc(C(C)O)c(OCc2ncnn2CC(C)C)c1. The largest absolute Gasteiger partial charge is 0.485 e. The Labute approximate surface area is 125 Å². The standard InChI is InChI=1S/C16H23N3O2/c1-11(2)8-19-16(17-10-18-19)9-21-15-7-12(3)5-6-14(15)13(4)20/h5-7,10-11,13,20H,8-9H2,1-4H3. The predicted molar refractivity (Wildman–Crippen MR) is 81.0 cm³/mol. The van der Waals surface area contributed by atoms with Gasteiger partial charge in [0, 0.05) is 12.1 Å². The lowest BCUT2D eigenvalue weighted by Crippen LogP contribution is -2.13. The molecule has 1 aromatic heterocycles. The van der Waals surface area contributed by atoms with Crippen LogP contribution in [0.5, 0.6) is 5.75 Å². The predicted octanol–water partition coefficient (Wildman–Crippen LogP) is 2.87. The van der Waals surface area contributed by atoms with Crippen LogP contribution in [-0.2, 0) is 13.2 Å². The molecule has 0 aliphatic rings. The number of hydrogen-bond donors (Lipinski definition) is 1.